The number of hydrogen-bond acceptors (Lipinski definition) is 5. The Morgan fingerprint density at radius 1 is 1.27 bits per heavy atom. The van der Waals surface area contributed by atoms with E-state index >= 15 is 0 Å². The fourth-order valence-electron chi connectivity index (χ4n) is 2.53. The zero-order chi connectivity index (χ0) is 18.7. The van der Waals surface area contributed by atoms with Crippen LogP contribution in [-0.2, 0) is 9.63 Å². The van der Waals surface area contributed by atoms with Crippen molar-refractivity contribution in [3.63, 3.8) is 0 Å². The molecule has 2 aromatic carbocycles. The highest BCUT2D eigenvalue weighted by atomic mass is 79.9. The summed E-state index contributed by atoms with van der Waals surface area (Å²) in [6.07, 6.45) is -0.356. The van der Waals surface area contributed by atoms with Gasteiger partial charge in [0.1, 0.15) is 11.5 Å². The molecule has 1 unspecified atom stereocenters. The number of rotatable bonds is 5. The number of nitrogens with one attached hydrogen (secondary N) is 1. The maximum absolute atomic E-state index is 12.6. The summed E-state index contributed by atoms with van der Waals surface area (Å²) < 4.78 is 11.4. The number of oxime groups is 1. The van der Waals surface area contributed by atoms with Gasteiger partial charge in [-0.1, -0.05) is 44.8 Å². The first kappa shape index (κ1) is 18.5. The van der Waals surface area contributed by atoms with Crippen LogP contribution < -0.4 is 14.8 Å². The zero-order valence-electron chi connectivity index (χ0n) is 14.1. The van der Waals surface area contributed by atoms with Crippen LogP contribution in [0.2, 0.25) is 5.02 Å². The molecular weight excluding hydrogens is 424 g/mol. The van der Waals surface area contributed by atoms with Crippen molar-refractivity contribution < 1.29 is 19.1 Å². The molecule has 0 fully saturated rings. The molecule has 136 valence electrons. The number of ether oxygens (including phenoxy) is 2. The van der Waals surface area contributed by atoms with Crippen LogP contribution in [0.4, 0.5) is 5.69 Å². The number of amides is 1. The molecule has 6 nitrogen and oxygen atoms in total. The van der Waals surface area contributed by atoms with E-state index in [1.165, 1.54) is 14.2 Å². The average molecular weight is 440 g/mol. The third kappa shape index (κ3) is 3.94. The molecule has 26 heavy (non-hydrogen) atoms. The molecule has 0 aromatic heterocycles. The SMILES string of the molecule is COc1cc(NC(=O)C2CC(c3cccc(Br)c3)=NO2)c(OC)cc1Cl. The molecule has 1 heterocycles. The third-order valence-electron chi connectivity index (χ3n) is 3.85. The minimum atomic E-state index is -0.727. The lowest BCUT2D eigenvalue weighted by molar-refractivity contribution is -0.125. The lowest BCUT2D eigenvalue weighted by atomic mass is 10.0. The van der Waals surface area contributed by atoms with E-state index in [0.29, 0.717) is 34.3 Å². The van der Waals surface area contributed by atoms with Crippen LogP contribution in [0.3, 0.4) is 0 Å². The number of anilines is 1. The molecule has 1 amide bonds. The second-order valence-electron chi connectivity index (χ2n) is 5.52. The summed E-state index contributed by atoms with van der Waals surface area (Å²) in [6, 6.07) is 10.8. The van der Waals surface area contributed by atoms with Gasteiger partial charge in [0, 0.05) is 28.6 Å². The van der Waals surface area contributed by atoms with Crippen LogP contribution in [0.5, 0.6) is 11.5 Å². The molecule has 3 rings (SSSR count). The van der Waals surface area contributed by atoms with Crippen LogP contribution >= 0.6 is 27.5 Å². The van der Waals surface area contributed by atoms with E-state index in [1.807, 2.05) is 24.3 Å². The molecule has 0 aliphatic carbocycles. The van der Waals surface area contributed by atoms with E-state index in [-0.39, 0.29) is 5.91 Å². The highest BCUT2D eigenvalue weighted by molar-refractivity contribution is 9.10. The molecule has 2 aromatic rings. The second kappa shape index (κ2) is 7.97. The van der Waals surface area contributed by atoms with Crippen LogP contribution in [0, 0.1) is 0 Å². The van der Waals surface area contributed by atoms with Crippen molar-refractivity contribution in [1.82, 2.24) is 0 Å². The number of nitrogens with zero attached hydrogens (tertiary/aromatic N) is 1. The van der Waals surface area contributed by atoms with Crippen molar-refractivity contribution in [2.24, 2.45) is 5.16 Å². The number of methoxy groups -OCH3 is 2. The van der Waals surface area contributed by atoms with E-state index < -0.39 is 6.10 Å². The number of benzene rings is 2. The van der Waals surface area contributed by atoms with Crippen LogP contribution in [-0.4, -0.2) is 31.9 Å². The van der Waals surface area contributed by atoms with Gasteiger partial charge >= 0.3 is 0 Å². The van der Waals surface area contributed by atoms with Gasteiger partial charge in [-0.2, -0.15) is 0 Å². The van der Waals surface area contributed by atoms with E-state index in [9.17, 15) is 4.79 Å². The molecule has 1 atom stereocenters. The van der Waals surface area contributed by atoms with Crippen molar-refractivity contribution in [2.45, 2.75) is 12.5 Å². The quantitative estimate of drug-likeness (QED) is 0.756. The molecule has 0 radical (unpaired) electrons. The third-order valence-corrected chi connectivity index (χ3v) is 4.64. The first-order valence-electron chi connectivity index (χ1n) is 7.73. The van der Waals surface area contributed by atoms with Crippen molar-refractivity contribution in [2.75, 3.05) is 19.5 Å². The maximum Gasteiger partial charge on any atom is 0.268 e. The minimum absolute atomic E-state index is 0.332. The van der Waals surface area contributed by atoms with Crippen molar-refractivity contribution in [1.29, 1.82) is 0 Å². The molecule has 0 bridgehead atoms. The zero-order valence-corrected chi connectivity index (χ0v) is 16.4. The largest absolute Gasteiger partial charge is 0.495 e. The molecule has 0 saturated carbocycles. The molecule has 1 aliphatic rings. The van der Waals surface area contributed by atoms with E-state index in [1.54, 1.807) is 12.1 Å². The van der Waals surface area contributed by atoms with Crippen molar-refractivity contribution in [3.8, 4) is 11.5 Å². The Bertz CT molecular complexity index is 872. The summed E-state index contributed by atoms with van der Waals surface area (Å²) >= 11 is 9.50. The fraction of sp³-hybridized carbons (Fsp3) is 0.222. The predicted octanol–water partition coefficient (Wildman–Crippen LogP) is 4.25. The van der Waals surface area contributed by atoms with Gasteiger partial charge in [-0.15, -0.1) is 0 Å². The summed E-state index contributed by atoms with van der Waals surface area (Å²) in [6.45, 7) is 0. The van der Waals surface area contributed by atoms with Gasteiger partial charge in [0.2, 0.25) is 6.10 Å². The molecule has 0 spiro atoms. The fourth-order valence-corrected chi connectivity index (χ4v) is 3.16. The first-order valence-corrected chi connectivity index (χ1v) is 8.90. The van der Waals surface area contributed by atoms with Crippen LogP contribution in [0.1, 0.15) is 12.0 Å². The number of carbonyl (C=O) groups excluding carboxylic acids is 1. The summed E-state index contributed by atoms with van der Waals surface area (Å²) in [5, 5.41) is 7.21. The number of hydrogen-bond donors (Lipinski definition) is 1. The average Bonchev–Trinajstić information content (AvgIpc) is 3.13. The number of halogens is 2. The minimum Gasteiger partial charge on any atom is -0.495 e. The summed E-state index contributed by atoms with van der Waals surface area (Å²) in [7, 11) is 2.99. The maximum atomic E-state index is 12.6. The lowest BCUT2D eigenvalue weighted by Crippen LogP contribution is -2.28. The Balaban J connectivity index is 1.72. The standard InChI is InChI=1S/C18H16BrClN2O4/c1-24-15-9-14(16(25-2)7-12(15)20)21-18(23)17-8-13(22-26-17)10-4-3-5-11(19)6-10/h3-7,9,17H,8H2,1-2H3,(H,21,23). The topological polar surface area (TPSA) is 69.2 Å². The Hall–Kier alpha value is -2.25. The van der Waals surface area contributed by atoms with Gasteiger partial charge in [0.05, 0.1) is 30.6 Å². The lowest BCUT2D eigenvalue weighted by Gasteiger charge is -2.14. The Morgan fingerprint density at radius 3 is 2.73 bits per heavy atom. The van der Waals surface area contributed by atoms with Gasteiger partial charge in [-0.3, -0.25) is 4.79 Å². The van der Waals surface area contributed by atoms with Gasteiger partial charge in [-0.25, -0.2) is 0 Å². The summed E-state index contributed by atoms with van der Waals surface area (Å²) in [4.78, 5) is 17.9. The normalized spacial score (nSPS) is 15.8. The van der Waals surface area contributed by atoms with Gasteiger partial charge < -0.3 is 19.6 Å². The highest BCUT2D eigenvalue weighted by Crippen LogP contribution is 2.36. The summed E-state index contributed by atoms with van der Waals surface area (Å²) in [5.41, 5.74) is 2.06. The molecule has 8 heteroatoms. The Morgan fingerprint density at radius 2 is 2.04 bits per heavy atom. The molecule has 0 saturated heterocycles. The molecule has 1 aliphatic heterocycles. The first-order chi connectivity index (χ1) is 12.5. The van der Waals surface area contributed by atoms with E-state index in [2.05, 4.69) is 26.4 Å². The predicted molar refractivity (Wildman–Crippen MR) is 103 cm³/mol. The van der Waals surface area contributed by atoms with Crippen LogP contribution in [0.15, 0.2) is 46.0 Å². The van der Waals surface area contributed by atoms with E-state index in [4.69, 9.17) is 25.9 Å². The second-order valence-corrected chi connectivity index (χ2v) is 6.85. The van der Waals surface area contributed by atoms with Gasteiger partial charge in [0.25, 0.3) is 5.91 Å². The van der Waals surface area contributed by atoms with Gasteiger partial charge in [-0.05, 0) is 12.1 Å². The molecule has 1 N–H and O–H groups in total. The monoisotopic (exact) mass is 438 g/mol. The van der Waals surface area contributed by atoms with Crippen LogP contribution in [0.25, 0.3) is 0 Å². The highest BCUT2D eigenvalue weighted by Gasteiger charge is 2.29. The van der Waals surface area contributed by atoms with Crippen molar-refractivity contribution in [3.05, 3.63) is 51.5 Å². The Labute approximate surface area is 164 Å². The van der Waals surface area contributed by atoms with Crippen molar-refractivity contribution >= 4 is 44.8 Å². The van der Waals surface area contributed by atoms with Gasteiger partial charge in [0.15, 0.2) is 0 Å². The summed E-state index contributed by atoms with van der Waals surface area (Å²) in [5.74, 6) is 0.526. The molecular formula is C18H16BrClN2O4. The smallest absolute Gasteiger partial charge is 0.268 e. The Kier molecular flexibility index (Phi) is 5.68. The number of carbonyl (C=O) groups is 1. The van der Waals surface area contributed by atoms with E-state index in [0.717, 1.165) is 10.0 Å².